The Bertz CT molecular complexity index is 705. The summed E-state index contributed by atoms with van der Waals surface area (Å²) >= 11 is 0. The summed E-state index contributed by atoms with van der Waals surface area (Å²) in [7, 11) is 3.47. The monoisotopic (exact) mass is 300 g/mol. The Morgan fingerprint density at radius 1 is 1.27 bits per heavy atom. The zero-order chi connectivity index (χ0) is 16.1. The molecule has 2 aromatic rings. The van der Waals surface area contributed by atoms with Crippen LogP contribution in [0.5, 0.6) is 0 Å². The van der Waals surface area contributed by atoms with Gasteiger partial charge in [0, 0.05) is 38.7 Å². The number of anilines is 2. The summed E-state index contributed by atoms with van der Waals surface area (Å²) in [6, 6.07) is 7.40. The van der Waals surface area contributed by atoms with Crippen LogP contribution in [0.15, 0.2) is 41.5 Å². The summed E-state index contributed by atoms with van der Waals surface area (Å²) in [5.41, 5.74) is 1.53. The summed E-state index contributed by atoms with van der Waals surface area (Å²) in [5.74, 6) is 0.345. The molecule has 0 aliphatic rings. The van der Waals surface area contributed by atoms with Crippen molar-refractivity contribution in [3.8, 4) is 0 Å². The van der Waals surface area contributed by atoms with Gasteiger partial charge in [0.2, 0.25) is 5.91 Å². The number of aromatic nitrogens is 2. The van der Waals surface area contributed by atoms with Gasteiger partial charge >= 0.3 is 0 Å². The number of benzene rings is 1. The molecule has 0 radical (unpaired) electrons. The topological polar surface area (TPSA) is 67.2 Å². The number of amides is 1. The summed E-state index contributed by atoms with van der Waals surface area (Å²) in [6.07, 6.45) is 3.61. The molecule has 2 rings (SSSR count). The first-order chi connectivity index (χ1) is 10.5. The molecular weight excluding hydrogens is 280 g/mol. The molecule has 1 aromatic carbocycles. The van der Waals surface area contributed by atoms with Gasteiger partial charge in [-0.1, -0.05) is 12.1 Å². The summed E-state index contributed by atoms with van der Waals surface area (Å²) < 4.78 is 1.58. The normalized spacial score (nSPS) is 10.3. The van der Waals surface area contributed by atoms with E-state index >= 15 is 0 Å². The Labute approximate surface area is 129 Å². The minimum atomic E-state index is -0.156. The predicted molar refractivity (Wildman–Crippen MR) is 86.3 cm³/mol. The van der Waals surface area contributed by atoms with Crippen molar-refractivity contribution < 1.29 is 4.79 Å². The van der Waals surface area contributed by atoms with Crippen molar-refractivity contribution in [2.45, 2.75) is 19.9 Å². The third kappa shape index (κ3) is 3.72. The average molecular weight is 300 g/mol. The van der Waals surface area contributed by atoms with Crippen LogP contribution in [0, 0.1) is 0 Å². The summed E-state index contributed by atoms with van der Waals surface area (Å²) in [5, 5.41) is 3.01. The predicted octanol–water partition coefficient (Wildman–Crippen LogP) is 1.64. The molecule has 1 N–H and O–H groups in total. The number of nitrogens with one attached hydrogen (secondary N) is 1. The van der Waals surface area contributed by atoms with E-state index in [9.17, 15) is 9.59 Å². The Kier molecular flexibility index (Phi) is 4.93. The van der Waals surface area contributed by atoms with Gasteiger partial charge in [-0.25, -0.2) is 4.98 Å². The third-order valence-electron chi connectivity index (χ3n) is 3.33. The van der Waals surface area contributed by atoms with E-state index in [0.717, 1.165) is 11.3 Å². The zero-order valence-corrected chi connectivity index (χ0v) is 13.0. The molecule has 0 fully saturated rings. The van der Waals surface area contributed by atoms with Gasteiger partial charge in [0.25, 0.3) is 5.56 Å². The molecule has 0 saturated heterocycles. The second-order valence-corrected chi connectivity index (χ2v) is 5.15. The molecule has 6 nitrogen and oxygen atoms in total. The molecule has 1 heterocycles. The van der Waals surface area contributed by atoms with Gasteiger partial charge in [-0.3, -0.25) is 9.59 Å². The number of aryl methyl sites for hydroxylation is 1. The maximum absolute atomic E-state index is 12.1. The van der Waals surface area contributed by atoms with Crippen molar-refractivity contribution >= 4 is 17.4 Å². The lowest BCUT2D eigenvalue weighted by molar-refractivity contribution is -0.127. The molecule has 116 valence electrons. The second kappa shape index (κ2) is 6.89. The largest absolute Gasteiger partial charge is 0.349 e. The summed E-state index contributed by atoms with van der Waals surface area (Å²) in [6.45, 7) is 2.50. The summed E-state index contributed by atoms with van der Waals surface area (Å²) in [4.78, 5) is 29.4. The third-order valence-corrected chi connectivity index (χ3v) is 3.33. The van der Waals surface area contributed by atoms with Gasteiger partial charge in [-0.2, -0.15) is 0 Å². The van der Waals surface area contributed by atoms with Crippen LogP contribution >= 0.6 is 0 Å². The van der Waals surface area contributed by atoms with Gasteiger partial charge in [0.15, 0.2) is 5.82 Å². The molecule has 1 amide bonds. The van der Waals surface area contributed by atoms with Crippen molar-refractivity contribution in [3.63, 3.8) is 0 Å². The van der Waals surface area contributed by atoms with Crippen molar-refractivity contribution in [1.82, 2.24) is 14.5 Å². The molecule has 0 bridgehead atoms. The van der Waals surface area contributed by atoms with Crippen LogP contribution < -0.4 is 10.9 Å². The first-order valence-corrected chi connectivity index (χ1v) is 7.13. The standard InChI is InChI=1S/C16H20N4O2/c1-4-20-10-9-17-15(16(20)22)18-13-7-5-12(6-8-13)11-14(21)19(2)3/h5-10H,4,11H2,1-3H3,(H,17,18). The number of carbonyl (C=O) groups excluding carboxylic acids is 1. The van der Waals surface area contributed by atoms with Crippen LogP contribution in [0.3, 0.4) is 0 Å². The smallest absolute Gasteiger partial charge is 0.293 e. The molecule has 0 aliphatic carbocycles. The van der Waals surface area contributed by atoms with Gasteiger partial charge in [0.1, 0.15) is 0 Å². The lowest BCUT2D eigenvalue weighted by Crippen LogP contribution is -2.23. The Morgan fingerprint density at radius 2 is 1.95 bits per heavy atom. The highest BCUT2D eigenvalue weighted by Gasteiger charge is 2.07. The number of carbonyl (C=O) groups is 1. The van der Waals surface area contributed by atoms with Crippen molar-refractivity contribution in [2.24, 2.45) is 0 Å². The molecular formula is C16H20N4O2. The first kappa shape index (κ1) is 15.8. The number of nitrogens with zero attached hydrogens (tertiary/aromatic N) is 3. The fourth-order valence-electron chi connectivity index (χ4n) is 1.96. The van der Waals surface area contributed by atoms with Gasteiger partial charge in [0.05, 0.1) is 6.42 Å². The molecule has 0 spiro atoms. The molecule has 0 aliphatic heterocycles. The molecule has 0 saturated carbocycles. The van der Waals surface area contributed by atoms with E-state index < -0.39 is 0 Å². The fourth-order valence-corrected chi connectivity index (χ4v) is 1.96. The van der Waals surface area contributed by atoms with Gasteiger partial charge < -0.3 is 14.8 Å². The van der Waals surface area contributed by atoms with Gasteiger partial charge in [-0.05, 0) is 24.6 Å². The van der Waals surface area contributed by atoms with Crippen LogP contribution in [-0.4, -0.2) is 34.5 Å². The van der Waals surface area contributed by atoms with E-state index in [1.54, 1.807) is 36.0 Å². The maximum Gasteiger partial charge on any atom is 0.293 e. The first-order valence-electron chi connectivity index (χ1n) is 7.13. The van der Waals surface area contributed by atoms with Crippen LogP contribution in [0.4, 0.5) is 11.5 Å². The van der Waals surface area contributed by atoms with Crippen LogP contribution in [0.25, 0.3) is 0 Å². The number of hydrogen-bond acceptors (Lipinski definition) is 4. The van der Waals surface area contributed by atoms with E-state index in [1.165, 1.54) is 0 Å². The highest BCUT2D eigenvalue weighted by atomic mass is 16.2. The van der Waals surface area contributed by atoms with Crippen LogP contribution in [0.2, 0.25) is 0 Å². The van der Waals surface area contributed by atoms with Crippen LogP contribution in [0.1, 0.15) is 12.5 Å². The van der Waals surface area contributed by atoms with E-state index in [2.05, 4.69) is 10.3 Å². The van der Waals surface area contributed by atoms with Crippen molar-refractivity contribution in [3.05, 3.63) is 52.6 Å². The minimum Gasteiger partial charge on any atom is -0.349 e. The highest BCUT2D eigenvalue weighted by molar-refractivity contribution is 5.78. The molecule has 1 aromatic heterocycles. The van der Waals surface area contributed by atoms with E-state index in [1.807, 2.05) is 31.2 Å². The Morgan fingerprint density at radius 3 is 2.55 bits per heavy atom. The van der Waals surface area contributed by atoms with Gasteiger partial charge in [-0.15, -0.1) is 0 Å². The van der Waals surface area contributed by atoms with E-state index in [0.29, 0.717) is 18.8 Å². The Balaban J connectivity index is 2.12. The second-order valence-electron chi connectivity index (χ2n) is 5.15. The van der Waals surface area contributed by atoms with Crippen LogP contribution in [-0.2, 0) is 17.8 Å². The lowest BCUT2D eigenvalue weighted by Gasteiger charge is -2.11. The molecule has 22 heavy (non-hydrogen) atoms. The quantitative estimate of drug-likeness (QED) is 0.911. The fraction of sp³-hybridized carbons (Fsp3) is 0.312. The average Bonchev–Trinajstić information content (AvgIpc) is 2.51. The highest BCUT2D eigenvalue weighted by Crippen LogP contribution is 2.13. The number of rotatable bonds is 5. The maximum atomic E-state index is 12.1. The van der Waals surface area contributed by atoms with Crippen molar-refractivity contribution in [1.29, 1.82) is 0 Å². The minimum absolute atomic E-state index is 0.0521. The SMILES string of the molecule is CCn1ccnc(Nc2ccc(CC(=O)N(C)C)cc2)c1=O. The lowest BCUT2D eigenvalue weighted by atomic mass is 10.1. The Hall–Kier alpha value is -2.63. The van der Waals surface area contributed by atoms with E-state index in [4.69, 9.17) is 0 Å². The zero-order valence-electron chi connectivity index (χ0n) is 13.0. The van der Waals surface area contributed by atoms with E-state index in [-0.39, 0.29) is 11.5 Å². The van der Waals surface area contributed by atoms with Crippen molar-refractivity contribution in [2.75, 3.05) is 19.4 Å². The number of likely N-dealkylation sites (N-methyl/N-ethyl adjacent to an activating group) is 1. The number of hydrogen-bond donors (Lipinski definition) is 1. The molecule has 0 unspecified atom stereocenters. The molecule has 0 atom stereocenters. The molecule has 6 heteroatoms.